The molecule has 0 aromatic carbocycles. The fraction of sp³-hybridized carbons (Fsp3) is 0.545. The van der Waals surface area contributed by atoms with Crippen LogP contribution < -0.4 is 10.2 Å². The van der Waals surface area contributed by atoms with Crippen molar-refractivity contribution in [3.8, 4) is 0 Å². The maximum atomic E-state index is 9.11. The Kier molecular flexibility index (Phi) is 3.71. The summed E-state index contributed by atoms with van der Waals surface area (Å²) in [5.41, 5.74) is 2.25. The van der Waals surface area contributed by atoms with Gasteiger partial charge in [0.15, 0.2) is 0 Å². The summed E-state index contributed by atoms with van der Waals surface area (Å²) in [7, 11) is 0. The van der Waals surface area contributed by atoms with Gasteiger partial charge in [-0.05, 0) is 12.1 Å². The van der Waals surface area contributed by atoms with Crippen molar-refractivity contribution >= 4 is 5.69 Å². The second-order valence-corrected chi connectivity index (χ2v) is 3.86. The molecule has 88 valence electrons. The maximum absolute atomic E-state index is 9.11. The van der Waals surface area contributed by atoms with E-state index in [1.165, 1.54) is 0 Å². The lowest BCUT2D eigenvalue weighted by Crippen LogP contribution is -2.43. The first-order valence-corrected chi connectivity index (χ1v) is 5.50. The van der Waals surface area contributed by atoms with E-state index in [2.05, 4.69) is 15.2 Å². The molecule has 0 atom stereocenters. The van der Waals surface area contributed by atoms with Gasteiger partial charge in [0, 0.05) is 31.9 Å². The van der Waals surface area contributed by atoms with E-state index in [0.717, 1.165) is 31.9 Å². The molecular weight excluding hydrogens is 206 g/mol. The van der Waals surface area contributed by atoms with Crippen molar-refractivity contribution in [1.82, 2.24) is 10.3 Å². The van der Waals surface area contributed by atoms with Crippen molar-refractivity contribution in [3.05, 3.63) is 23.5 Å². The largest absolute Gasteiger partial charge is 0.390 e. The first-order valence-electron chi connectivity index (χ1n) is 5.50. The van der Waals surface area contributed by atoms with Crippen molar-refractivity contribution in [2.45, 2.75) is 13.2 Å². The lowest BCUT2D eigenvalue weighted by atomic mass is 10.2. The van der Waals surface area contributed by atoms with Gasteiger partial charge in [-0.25, -0.2) is 0 Å². The third-order valence-corrected chi connectivity index (χ3v) is 2.72. The van der Waals surface area contributed by atoms with Crippen LogP contribution >= 0.6 is 0 Å². The summed E-state index contributed by atoms with van der Waals surface area (Å²) >= 11 is 0. The summed E-state index contributed by atoms with van der Waals surface area (Å²) in [6, 6.07) is 3.76. The van der Waals surface area contributed by atoms with Gasteiger partial charge in [-0.1, -0.05) is 0 Å². The lowest BCUT2D eigenvalue weighted by Gasteiger charge is -2.29. The molecular formula is C11H17N3O2. The van der Waals surface area contributed by atoms with E-state index in [-0.39, 0.29) is 13.2 Å². The Hall–Kier alpha value is -1.17. The van der Waals surface area contributed by atoms with Crippen LogP contribution in [0.2, 0.25) is 0 Å². The Morgan fingerprint density at radius 1 is 1.12 bits per heavy atom. The molecule has 1 aliphatic rings. The van der Waals surface area contributed by atoms with Gasteiger partial charge in [0.1, 0.15) is 0 Å². The molecule has 0 bridgehead atoms. The molecule has 1 fully saturated rings. The predicted molar refractivity (Wildman–Crippen MR) is 61.2 cm³/mol. The molecule has 2 rings (SSSR count). The van der Waals surface area contributed by atoms with E-state index in [0.29, 0.717) is 11.4 Å². The summed E-state index contributed by atoms with van der Waals surface area (Å²) < 4.78 is 0. The average molecular weight is 223 g/mol. The standard InChI is InChI=1S/C11H17N3O2/c15-7-9-5-11(6-10(8-16)13-9)14-3-1-12-2-4-14/h5-6,12,15-16H,1-4,7-8H2. The number of aliphatic hydroxyl groups excluding tert-OH is 2. The van der Waals surface area contributed by atoms with Crippen LogP contribution in [0.15, 0.2) is 12.1 Å². The molecule has 16 heavy (non-hydrogen) atoms. The molecule has 0 aliphatic carbocycles. The summed E-state index contributed by atoms with van der Waals surface area (Å²) in [6.45, 7) is 3.63. The van der Waals surface area contributed by atoms with E-state index < -0.39 is 0 Å². The smallest absolute Gasteiger partial charge is 0.0853 e. The quantitative estimate of drug-likeness (QED) is 0.643. The molecule has 0 unspecified atom stereocenters. The molecule has 3 N–H and O–H groups in total. The maximum Gasteiger partial charge on any atom is 0.0853 e. The summed E-state index contributed by atoms with van der Waals surface area (Å²) in [5.74, 6) is 0. The number of rotatable bonds is 3. The highest BCUT2D eigenvalue weighted by Crippen LogP contribution is 2.17. The molecule has 2 heterocycles. The summed E-state index contributed by atoms with van der Waals surface area (Å²) in [5, 5.41) is 21.5. The number of hydrogen-bond donors (Lipinski definition) is 3. The minimum Gasteiger partial charge on any atom is -0.390 e. The fourth-order valence-electron chi connectivity index (χ4n) is 1.90. The molecule has 5 heteroatoms. The van der Waals surface area contributed by atoms with Crippen molar-refractivity contribution in [3.63, 3.8) is 0 Å². The number of piperazine rings is 1. The first-order chi connectivity index (χ1) is 7.83. The zero-order chi connectivity index (χ0) is 11.4. The van der Waals surface area contributed by atoms with Crippen LogP contribution in [0.25, 0.3) is 0 Å². The lowest BCUT2D eigenvalue weighted by molar-refractivity contribution is 0.265. The molecule has 1 aliphatic heterocycles. The third kappa shape index (κ3) is 2.49. The number of nitrogens with one attached hydrogen (secondary N) is 1. The second-order valence-electron chi connectivity index (χ2n) is 3.86. The number of hydrogen-bond acceptors (Lipinski definition) is 5. The van der Waals surface area contributed by atoms with Gasteiger partial charge in [0.2, 0.25) is 0 Å². The van der Waals surface area contributed by atoms with Gasteiger partial charge in [-0.2, -0.15) is 0 Å². The van der Waals surface area contributed by atoms with Gasteiger partial charge in [-0.15, -0.1) is 0 Å². The van der Waals surface area contributed by atoms with Crippen LogP contribution in [-0.4, -0.2) is 41.4 Å². The Morgan fingerprint density at radius 2 is 1.69 bits per heavy atom. The van der Waals surface area contributed by atoms with Gasteiger partial charge in [0.25, 0.3) is 0 Å². The molecule has 0 amide bonds. The molecule has 1 aromatic rings. The highest BCUT2D eigenvalue weighted by Gasteiger charge is 2.12. The fourth-order valence-corrected chi connectivity index (χ4v) is 1.90. The summed E-state index contributed by atoms with van der Waals surface area (Å²) in [6.07, 6.45) is 0. The van der Waals surface area contributed by atoms with Crippen LogP contribution in [0, 0.1) is 0 Å². The van der Waals surface area contributed by atoms with E-state index in [4.69, 9.17) is 10.2 Å². The van der Waals surface area contributed by atoms with Crippen molar-refractivity contribution in [2.24, 2.45) is 0 Å². The molecule has 0 radical (unpaired) electrons. The minimum absolute atomic E-state index is 0.0903. The van der Waals surface area contributed by atoms with Gasteiger partial charge < -0.3 is 20.4 Å². The van der Waals surface area contributed by atoms with E-state index >= 15 is 0 Å². The van der Waals surface area contributed by atoms with E-state index in [1.54, 1.807) is 0 Å². The number of pyridine rings is 1. The predicted octanol–water partition coefficient (Wildman–Crippen LogP) is -0.524. The number of aliphatic hydroxyl groups is 2. The molecule has 5 nitrogen and oxygen atoms in total. The molecule has 0 spiro atoms. The Labute approximate surface area is 94.7 Å². The third-order valence-electron chi connectivity index (χ3n) is 2.72. The van der Waals surface area contributed by atoms with Crippen LogP contribution in [0.3, 0.4) is 0 Å². The van der Waals surface area contributed by atoms with Crippen molar-refractivity contribution in [2.75, 3.05) is 31.1 Å². The first kappa shape index (κ1) is 11.3. The number of aromatic nitrogens is 1. The van der Waals surface area contributed by atoms with E-state index in [1.807, 2.05) is 12.1 Å². The Balaban J connectivity index is 2.24. The SMILES string of the molecule is OCc1cc(N2CCNCC2)cc(CO)n1. The summed E-state index contributed by atoms with van der Waals surface area (Å²) in [4.78, 5) is 6.36. The number of nitrogens with zero attached hydrogens (tertiary/aromatic N) is 2. The highest BCUT2D eigenvalue weighted by molar-refractivity contribution is 5.48. The van der Waals surface area contributed by atoms with Crippen molar-refractivity contribution < 1.29 is 10.2 Å². The van der Waals surface area contributed by atoms with Gasteiger partial charge in [0.05, 0.1) is 24.6 Å². The molecule has 1 saturated heterocycles. The average Bonchev–Trinajstić information content (AvgIpc) is 2.39. The van der Waals surface area contributed by atoms with Crippen LogP contribution in [-0.2, 0) is 13.2 Å². The number of anilines is 1. The molecule has 0 saturated carbocycles. The second kappa shape index (κ2) is 5.25. The Bertz CT molecular complexity index is 329. The van der Waals surface area contributed by atoms with Crippen LogP contribution in [0.1, 0.15) is 11.4 Å². The van der Waals surface area contributed by atoms with Gasteiger partial charge >= 0.3 is 0 Å². The monoisotopic (exact) mass is 223 g/mol. The molecule has 1 aromatic heterocycles. The normalized spacial score (nSPS) is 16.5. The zero-order valence-electron chi connectivity index (χ0n) is 9.19. The highest BCUT2D eigenvalue weighted by atomic mass is 16.3. The van der Waals surface area contributed by atoms with Gasteiger partial charge in [-0.3, -0.25) is 4.98 Å². The van der Waals surface area contributed by atoms with Crippen molar-refractivity contribution in [1.29, 1.82) is 0 Å². The Morgan fingerprint density at radius 3 is 2.19 bits per heavy atom. The zero-order valence-corrected chi connectivity index (χ0v) is 9.19. The minimum atomic E-state index is -0.0903. The topological polar surface area (TPSA) is 68.6 Å². The van der Waals surface area contributed by atoms with Crippen LogP contribution in [0.4, 0.5) is 5.69 Å². The van der Waals surface area contributed by atoms with E-state index in [9.17, 15) is 0 Å². The van der Waals surface area contributed by atoms with Crippen LogP contribution in [0.5, 0.6) is 0 Å².